The summed E-state index contributed by atoms with van der Waals surface area (Å²) in [6.45, 7) is 8.00. The van der Waals surface area contributed by atoms with Gasteiger partial charge in [0.05, 0.1) is 12.3 Å². The molecule has 1 fully saturated rings. The van der Waals surface area contributed by atoms with Crippen molar-refractivity contribution in [2.75, 3.05) is 51.8 Å². The van der Waals surface area contributed by atoms with E-state index in [2.05, 4.69) is 40.4 Å². The third kappa shape index (κ3) is 3.61. The van der Waals surface area contributed by atoms with Crippen molar-refractivity contribution in [3.63, 3.8) is 0 Å². The van der Waals surface area contributed by atoms with Crippen LogP contribution in [0.3, 0.4) is 0 Å². The zero-order valence-corrected chi connectivity index (χ0v) is 12.3. The summed E-state index contributed by atoms with van der Waals surface area (Å²) >= 11 is 0. The third-order valence-electron chi connectivity index (χ3n) is 3.55. The summed E-state index contributed by atoms with van der Waals surface area (Å²) in [4.78, 5) is 4.79. The van der Waals surface area contributed by atoms with Crippen molar-refractivity contribution >= 4 is 5.69 Å². The lowest BCUT2D eigenvalue weighted by atomic mass is 10.1. The molecule has 19 heavy (non-hydrogen) atoms. The van der Waals surface area contributed by atoms with Crippen LogP contribution in [-0.2, 0) is 6.54 Å². The molecule has 0 saturated carbocycles. The Morgan fingerprint density at radius 1 is 1.21 bits per heavy atom. The summed E-state index contributed by atoms with van der Waals surface area (Å²) in [5.41, 5.74) is 2.50. The number of rotatable bonds is 5. The summed E-state index contributed by atoms with van der Waals surface area (Å²) in [6, 6.07) is 6.54. The zero-order chi connectivity index (χ0) is 13.7. The van der Waals surface area contributed by atoms with E-state index in [1.807, 2.05) is 14.0 Å². The fraction of sp³-hybridized carbons (Fsp3) is 0.600. The SMILES string of the molecule is CCOc1cc(CNC)ccc1N1CCN(C)CC1. The molecule has 1 aromatic rings. The van der Waals surface area contributed by atoms with Crippen LogP contribution in [0.4, 0.5) is 5.69 Å². The van der Waals surface area contributed by atoms with Gasteiger partial charge >= 0.3 is 0 Å². The summed E-state index contributed by atoms with van der Waals surface area (Å²) in [5.74, 6) is 1.01. The van der Waals surface area contributed by atoms with E-state index in [9.17, 15) is 0 Å². The molecule has 1 N–H and O–H groups in total. The van der Waals surface area contributed by atoms with Crippen LogP contribution in [0.15, 0.2) is 18.2 Å². The fourth-order valence-electron chi connectivity index (χ4n) is 2.45. The van der Waals surface area contributed by atoms with E-state index in [4.69, 9.17) is 4.74 Å². The highest BCUT2D eigenvalue weighted by atomic mass is 16.5. The molecule has 1 aliphatic heterocycles. The monoisotopic (exact) mass is 263 g/mol. The number of anilines is 1. The summed E-state index contributed by atoms with van der Waals surface area (Å²) in [7, 11) is 4.14. The van der Waals surface area contributed by atoms with Crippen molar-refractivity contribution in [1.29, 1.82) is 0 Å². The molecule has 0 atom stereocenters. The molecule has 0 aliphatic carbocycles. The van der Waals surface area contributed by atoms with Gasteiger partial charge in [-0.25, -0.2) is 0 Å². The number of hydrogen-bond donors (Lipinski definition) is 1. The van der Waals surface area contributed by atoms with Crippen LogP contribution in [0.1, 0.15) is 12.5 Å². The lowest BCUT2D eigenvalue weighted by Crippen LogP contribution is -2.44. The number of nitrogens with zero attached hydrogens (tertiary/aromatic N) is 2. The van der Waals surface area contributed by atoms with Crippen molar-refractivity contribution in [3.8, 4) is 5.75 Å². The van der Waals surface area contributed by atoms with E-state index in [1.54, 1.807) is 0 Å². The molecule has 0 radical (unpaired) electrons. The highest BCUT2D eigenvalue weighted by molar-refractivity contribution is 5.60. The molecule has 4 heteroatoms. The Balaban J connectivity index is 2.18. The molecule has 0 aromatic heterocycles. The van der Waals surface area contributed by atoms with E-state index in [0.717, 1.165) is 38.5 Å². The third-order valence-corrected chi connectivity index (χ3v) is 3.55. The molecule has 1 heterocycles. The van der Waals surface area contributed by atoms with Gasteiger partial charge in [0.25, 0.3) is 0 Å². The predicted molar refractivity (Wildman–Crippen MR) is 80.1 cm³/mol. The maximum absolute atomic E-state index is 5.82. The molecule has 1 saturated heterocycles. The minimum atomic E-state index is 0.712. The molecular formula is C15H25N3O. The van der Waals surface area contributed by atoms with Crippen LogP contribution in [0.25, 0.3) is 0 Å². The number of hydrogen-bond acceptors (Lipinski definition) is 4. The van der Waals surface area contributed by atoms with E-state index >= 15 is 0 Å². The topological polar surface area (TPSA) is 27.7 Å². The van der Waals surface area contributed by atoms with Gasteiger partial charge in [-0.1, -0.05) is 6.07 Å². The van der Waals surface area contributed by atoms with E-state index in [0.29, 0.717) is 6.61 Å². The first-order valence-electron chi connectivity index (χ1n) is 7.08. The normalized spacial score (nSPS) is 16.7. The number of ether oxygens (including phenoxy) is 1. The van der Waals surface area contributed by atoms with Gasteiger partial charge in [-0.15, -0.1) is 0 Å². The molecule has 0 spiro atoms. The van der Waals surface area contributed by atoms with Gasteiger partial charge in [0, 0.05) is 32.7 Å². The van der Waals surface area contributed by atoms with Crippen LogP contribution in [0, 0.1) is 0 Å². The second-order valence-electron chi connectivity index (χ2n) is 5.06. The van der Waals surface area contributed by atoms with E-state index in [-0.39, 0.29) is 0 Å². The number of likely N-dealkylation sites (N-methyl/N-ethyl adjacent to an activating group) is 1. The zero-order valence-electron chi connectivity index (χ0n) is 12.3. The quantitative estimate of drug-likeness (QED) is 0.872. The van der Waals surface area contributed by atoms with Crippen molar-refractivity contribution in [2.45, 2.75) is 13.5 Å². The Morgan fingerprint density at radius 2 is 1.95 bits per heavy atom. The van der Waals surface area contributed by atoms with Gasteiger partial charge in [-0.2, -0.15) is 0 Å². The maximum atomic E-state index is 5.82. The fourth-order valence-corrected chi connectivity index (χ4v) is 2.45. The second kappa shape index (κ2) is 6.78. The Bertz CT molecular complexity index is 400. The molecule has 106 valence electrons. The second-order valence-corrected chi connectivity index (χ2v) is 5.06. The minimum Gasteiger partial charge on any atom is -0.492 e. The molecular weight excluding hydrogens is 238 g/mol. The first-order chi connectivity index (χ1) is 9.24. The molecule has 0 bridgehead atoms. The Morgan fingerprint density at radius 3 is 2.58 bits per heavy atom. The smallest absolute Gasteiger partial charge is 0.142 e. The van der Waals surface area contributed by atoms with Crippen LogP contribution in [0.5, 0.6) is 5.75 Å². The van der Waals surface area contributed by atoms with Gasteiger partial charge in [0.1, 0.15) is 5.75 Å². The summed E-state index contributed by atoms with van der Waals surface area (Å²) in [6.07, 6.45) is 0. The molecule has 0 amide bonds. The van der Waals surface area contributed by atoms with E-state index < -0.39 is 0 Å². The number of nitrogens with one attached hydrogen (secondary N) is 1. The van der Waals surface area contributed by atoms with Crippen LogP contribution in [0.2, 0.25) is 0 Å². The molecule has 1 aliphatic rings. The lowest BCUT2D eigenvalue weighted by Gasteiger charge is -2.35. The average molecular weight is 263 g/mol. The first-order valence-corrected chi connectivity index (χ1v) is 7.08. The van der Waals surface area contributed by atoms with E-state index in [1.165, 1.54) is 11.3 Å². The van der Waals surface area contributed by atoms with Crippen molar-refractivity contribution < 1.29 is 4.74 Å². The molecule has 1 aromatic carbocycles. The first kappa shape index (κ1) is 14.2. The van der Waals surface area contributed by atoms with Gasteiger partial charge < -0.3 is 19.9 Å². The highest BCUT2D eigenvalue weighted by Crippen LogP contribution is 2.30. The van der Waals surface area contributed by atoms with Crippen molar-refractivity contribution in [2.24, 2.45) is 0 Å². The van der Waals surface area contributed by atoms with Crippen LogP contribution in [-0.4, -0.2) is 51.8 Å². The van der Waals surface area contributed by atoms with Crippen LogP contribution < -0.4 is 15.0 Å². The highest BCUT2D eigenvalue weighted by Gasteiger charge is 2.17. The Kier molecular flexibility index (Phi) is 5.05. The van der Waals surface area contributed by atoms with Gasteiger partial charge in [-0.05, 0) is 38.7 Å². The van der Waals surface area contributed by atoms with Crippen LogP contribution >= 0.6 is 0 Å². The predicted octanol–water partition coefficient (Wildman–Crippen LogP) is 1.56. The lowest BCUT2D eigenvalue weighted by molar-refractivity contribution is 0.307. The van der Waals surface area contributed by atoms with Crippen molar-refractivity contribution in [1.82, 2.24) is 10.2 Å². The molecule has 0 unspecified atom stereocenters. The Labute approximate surface area is 116 Å². The molecule has 2 rings (SSSR count). The largest absolute Gasteiger partial charge is 0.492 e. The number of benzene rings is 1. The average Bonchev–Trinajstić information content (AvgIpc) is 2.41. The Hall–Kier alpha value is -1.26. The standard InChI is InChI=1S/C15H25N3O/c1-4-19-15-11-13(12-16-2)5-6-14(15)18-9-7-17(3)8-10-18/h5-6,11,16H,4,7-10,12H2,1-3H3. The summed E-state index contributed by atoms with van der Waals surface area (Å²) < 4.78 is 5.82. The minimum absolute atomic E-state index is 0.712. The maximum Gasteiger partial charge on any atom is 0.142 e. The number of piperazine rings is 1. The van der Waals surface area contributed by atoms with Gasteiger partial charge in [0.2, 0.25) is 0 Å². The van der Waals surface area contributed by atoms with Gasteiger partial charge in [-0.3, -0.25) is 0 Å². The van der Waals surface area contributed by atoms with Gasteiger partial charge in [0.15, 0.2) is 0 Å². The molecule has 4 nitrogen and oxygen atoms in total. The van der Waals surface area contributed by atoms with Crippen molar-refractivity contribution in [3.05, 3.63) is 23.8 Å². The summed E-state index contributed by atoms with van der Waals surface area (Å²) in [5, 5.41) is 3.18.